The summed E-state index contributed by atoms with van der Waals surface area (Å²) in [6, 6.07) is 0. The highest BCUT2D eigenvalue weighted by Gasteiger charge is 2.39. The van der Waals surface area contributed by atoms with Crippen molar-refractivity contribution in [3.05, 3.63) is 11.9 Å². The van der Waals surface area contributed by atoms with Crippen LogP contribution in [-0.2, 0) is 12.1 Å². The van der Waals surface area contributed by atoms with E-state index < -0.39 is 5.60 Å². The highest BCUT2D eigenvalue weighted by Crippen LogP contribution is 2.42. The summed E-state index contributed by atoms with van der Waals surface area (Å²) < 4.78 is 7.33. The fraction of sp³-hybridized carbons (Fsp3) is 0.800. The van der Waals surface area contributed by atoms with E-state index in [1.54, 1.807) is 13.3 Å². The van der Waals surface area contributed by atoms with E-state index in [1.165, 1.54) is 0 Å². The summed E-state index contributed by atoms with van der Waals surface area (Å²) in [7, 11) is 5.72. The van der Waals surface area contributed by atoms with Gasteiger partial charge in [-0.15, -0.1) is 0 Å². The van der Waals surface area contributed by atoms with Crippen LogP contribution in [-0.4, -0.2) is 47.5 Å². The monoisotopic (exact) mass is 281 g/mol. The molecule has 0 aliphatic heterocycles. The van der Waals surface area contributed by atoms with Gasteiger partial charge in [0.25, 0.3) is 0 Å². The fourth-order valence-corrected chi connectivity index (χ4v) is 2.93. The molecule has 0 saturated heterocycles. The molecule has 1 aliphatic carbocycles. The lowest BCUT2D eigenvalue weighted by Crippen LogP contribution is -2.34. The molecule has 1 aromatic rings. The van der Waals surface area contributed by atoms with Gasteiger partial charge in [-0.25, -0.2) is 0 Å². The van der Waals surface area contributed by atoms with Crippen LogP contribution in [0.4, 0.5) is 0 Å². The van der Waals surface area contributed by atoms with Crippen molar-refractivity contribution in [1.29, 1.82) is 0 Å². The first kappa shape index (κ1) is 15.3. The van der Waals surface area contributed by atoms with Gasteiger partial charge in [0.15, 0.2) is 5.75 Å². The molecular formula is C15H27N3O2. The van der Waals surface area contributed by atoms with Crippen LogP contribution in [0.15, 0.2) is 6.20 Å². The zero-order valence-corrected chi connectivity index (χ0v) is 13.1. The normalized spacial score (nSPS) is 27.0. The van der Waals surface area contributed by atoms with Crippen molar-refractivity contribution in [2.45, 2.75) is 44.8 Å². The maximum atomic E-state index is 11.1. The van der Waals surface area contributed by atoms with Gasteiger partial charge in [-0.05, 0) is 45.7 Å². The summed E-state index contributed by atoms with van der Waals surface area (Å²) in [5, 5.41) is 15.5. The second kappa shape index (κ2) is 6.14. The molecule has 114 valence electrons. The van der Waals surface area contributed by atoms with Crippen molar-refractivity contribution in [1.82, 2.24) is 14.7 Å². The number of methoxy groups -OCH3 is 1. The van der Waals surface area contributed by atoms with Crippen LogP contribution in [0.5, 0.6) is 5.75 Å². The van der Waals surface area contributed by atoms with Crippen LogP contribution in [0.1, 0.15) is 38.3 Å². The average Bonchev–Trinajstić information content (AvgIpc) is 2.84. The summed E-state index contributed by atoms with van der Waals surface area (Å²) in [6.07, 6.45) is 5.41. The number of hydrogen-bond acceptors (Lipinski definition) is 4. The molecule has 0 atom stereocenters. The highest BCUT2D eigenvalue weighted by atomic mass is 16.5. The van der Waals surface area contributed by atoms with Gasteiger partial charge in [-0.2, -0.15) is 5.10 Å². The third kappa shape index (κ3) is 3.15. The second-order valence-electron chi connectivity index (χ2n) is 6.30. The van der Waals surface area contributed by atoms with Gasteiger partial charge >= 0.3 is 0 Å². The van der Waals surface area contributed by atoms with E-state index in [9.17, 15) is 5.11 Å². The summed E-state index contributed by atoms with van der Waals surface area (Å²) in [4.78, 5) is 2.12. The molecule has 20 heavy (non-hydrogen) atoms. The minimum atomic E-state index is -0.791. The fourth-order valence-electron chi connectivity index (χ4n) is 2.93. The number of likely N-dealkylation sites (N-methyl/N-ethyl adjacent to an activating group) is 1. The summed E-state index contributed by atoms with van der Waals surface area (Å²) in [5.41, 5.74) is 0.0643. The molecule has 1 aromatic heterocycles. The molecule has 0 radical (unpaired) electrons. The van der Waals surface area contributed by atoms with Gasteiger partial charge in [-0.3, -0.25) is 4.68 Å². The summed E-state index contributed by atoms with van der Waals surface area (Å²) in [5.74, 6) is 1.40. The predicted octanol–water partition coefficient (Wildman–Crippen LogP) is 1.85. The number of aliphatic hydroxyl groups is 1. The van der Waals surface area contributed by atoms with Gasteiger partial charge in [0.2, 0.25) is 0 Å². The Morgan fingerprint density at radius 2 is 2.10 bits per heavy atom. The first-order chi connectivity index (χ1) is 9.46. The maximum Gasteiger partial charge on any atom is 0.162 e. The van der Waals surface area contributed by atoms with E-state index in [4.69, 9.17) is 4.74 Å². The molecule has 1 N–H and O–H groups in total. The third-order valence-corrected chi connectivity index (χ3v) is 4.33. The minimum absolute atomic E-state index is 0.694. The Hall–Kier alpha value is -1.07. The zero-order valence-electron chi connectivity index (χ0n) is 13.1. The SMILES string of the molecule is COc1cnn(CCN(C)C)c1C1(O)CCC(C)CC1. The third-order valence-electron chi connectivity index (χ3n) is 4.33. The quantitative estimate of drug-likeness (QED) is 0.895. The van der Waals surface area contributed by atoms with Crippen molar-refractivity contribution in [2.75, 3.05) is 27.7 Å². The number of ether oxygens (including phenoxy) is 1. The van der Waals surface area contributed by atoms with Crippen LogP contribution in [0.25, 0.3) is 0 Å². The van der Waals surface area contributed by atoms with Crippen molar-refractivity contribution < 1.29 is 9.84 Å². The Labute approximate surface area is 121 Å². The van der Waals surface area contributed by atoms with E-state index in [0.717, 1.165) is 44.5 Å². The van der Waals surface area contributed by atoms with Crippen LogP contribution >= 0.6 is 0 Å². The Morgan fingerprint density at radius 3 is 2.65 bits per heavy atom. The van der Waals surface area contributed by atoms with E-state index in [-0.39, 0.29) is 0 Å². The average molecular weight is 281 g/mol. The maximum absolute atomic E-state index is 11.1. The van der Waals surface area contributed by atoms with Gasteiger partial charge in [0.1, 0.15) is 11.3 Å². The molecule has 0 bridgehead atoms. The lowest BCUT2D eigenvalue weighted by atomic mass is 9.77. The van der Waals surface area contributed by atoms with Crippen molar-refractivity contribution >= 4 is 0 Å². The lowest BCUT2D eigenvalue weighted by molar-refractivity contribution is -0.0216. The molecule has 5 heteroatoms. The van der Waals surface area contributed by atoms with Crippen LogP contribution < -0.4 is 4.74 Å². The Balaban J connectivity index is 2.25. The largest absolute Gasteiger partial charge is 0.493 e. The van der Waals surface area contributed by atoms with E-state index in [1.807, 2.05) is 18.8 Å². The number of rotatable bonds is 5. The summed E-state index contributed by atoms with van der Waals surface area (Å²) >= 11 is 0. The number of aromatic nitrogens is 2. The Kier molecular flexibility index (Phi) is 4.70. The smallest absolute Gasteiger partial charge is 0.162 e. The molecule has 2 rings (SSSR count). The van der Waals surface area contributed by atoms with Crippen molar-refractivity contribution in [3.63, 3.8) is 0 Å². The molecule has 0 unspecified atom stereocenters. The van der Waals surface area contributed by atoms with E-state index >= 15 is 0 Å². The molecule has 1 heterocycles. The Morgan fingerprint density at radius 1 is 1.45 bits per heavy atom. The molecule has 5 nitrogen and oxygen atoms in total. The zero-order chi connectivity index (χ0) is 14.8. The number of hydrogen-bond donors (Lipinski definition) is 1. The van der Waals surface area contributed by atoms with Gasteiger partial charge in [0.05, 0.1) is 19.9 Å². The van der Waals surface area contributed by atoms with Gasteiger partial charge in [0, 0.05) is 6.54 Å². The molecule has 1 aliphatic rings. The predicted molar refractivity (Wildman–Crippen MR) is 78.9 cm³/mol. The van der Waals surface area contributed by atoms with Gasteiger partial charge < -0.3 is 14.7 Å². The van der Waals surface area contributed by atoms with Crippen LogP contribution in [0.2, 0.25) is 0 Å². The first-order valence-electron chi connectivity index (χ1n) is 7.43. The highest BCUT2D eigenvalue weighted by molar-refractivity contribution is 5.31. The topological polar surface area (TPSA) is 50.5 Å². The molecule has 0 amide bonds. The van der Waals surface area contributed by atoms with E-state index in [2.05, 4.69) is 16.9 Å². The molecule has 1 fully saturated rings. The van der Waals surface area contributed by atoms with Crippen molar-refractivity contribution in [2.24, 2.45) is 5.92 Å². The molecular weight excluding hydrogens is 254 g/mol. The molecule has 0 aromatic carbocycles. The first-order valence-corrected chi connectivity index (χ1v) is 7.43. The molecule has 1 saturated carbocycles. The van der Waals surface area contributed by atoms with E-state index in [0.29, 0.717) is 11.7 Å². The van der Waals surface area contributed by atoms with Crippen LogP contribution in [0.3, 0.4) is 0 Å². The van der Waals surface area contributed by atoms with Gasteiger partial charge in [-0.1, -0.05) is 6.92 Å². The standard InChI is InChI=1S/C15H27N3O2/c1-12-5-7-15(19,8-6-12)14-13(20-4)11-16-18(14)10-9-17(2)3/h11-12,19H,5-10H2,1-4H3. The molecule has 0 spiro atoms. The Bertz CT molecular complexity index is 434. The second-order valence-corrected chi connectivity index (χ2v) is 6.30. The minimum Gasteiger partial charge on any atom is -0.493 e. The van der Waals surface area contributed by atoms with Crippen LogP contribution in [0, 0.1) is 5.92 Å². The summed E-state index contributed by atoms with van der Waals surface area (Å²) in [6.45, 7) is 3.91. The lowest BCUT2D eigenvalue weighted by Gasteiger charge is -2.35. The van der Waals surface area contributed by atoms with Crippen molar-refractivity contribution in [3.8, 4) is 5.75 Å². The number of nitrogens with zero attached hydrogens (tertiary/aromatic N) is 3.